The van der Waals surface area contributed by atoms with Crippen molar-refractivity contribution in [2.24, 2.45) is 0 Å². The molecule has 1 amide bonds. The molecule has 1 N–H and O–H groups in total. The molecule has 6 nitrogen and oxygen atoms in total. The molecule has 0 fully saturated rings. The number of amides is 1. The molecular weight excluding hydrogens is 297 g/mol. The highest BCUT2D eigenvalue weighted by molar-refractivity contribution is 5.90. The summed E-state index contributed by atoms with van der Waals surface area (Å²) in [4.78, 5) is 13.1. The number of aromatic nitrogens is 4. The molecule has 0 aliphatic heterocycles. The highest BCUT2D eigenvalue weighted by Gasteiger charge is 2.11. The van der Waals surface area contributed by atoms with Crippen LogP contribution in [0.3, 0.4) is 0 Å². The van der Waals surface area contributed by atoms with E-state index in [1.807, 2.05) is 30.3 Å². The van der Waals surface area contributed by atoms with Crippen molar-refractivity contribution in [1.82, 2.24) is 20.2 Å². The van der Waals surface area contributed by atoms with Crippen LogP contribution < -0.4 is 5.32 Å². The van der Waals surface area contributed by atoms with Crippen LogP contribution in [0.4, 0.5) is 10.1 Å². The summed E-state index contributed by atoms with van der Waals surface area (Å²) in [7, 11) is 0. The van der Waals surface area contributed by atoms with Gasteiger partial charge in [-0.15, -0.1) is 10.2 Å². The topological polar surface area (TPSA) is 72.7 Å². The minimum Gasteiger partial charge on any atom is -0.322 e. The Morgan fingerprint density at radius 2 is 2.00 bits per heavy atom. The van der Waals surface area contributed by atoms with Gasteiger partial charge < -0.3 is 5.32 Å². The molecule has 2 aromatic carbocycles. The van der Waals surface area contributed by atoms with E-state index < -0.39 is 11.7 Å². The van der Waals surface area contributed by atoms with Gasteiger partial charge in [0.05, 0.1) is 5.69 Å². The van der Waals surface area contributed by atoms with Gasteiger partial charge in [0, 0.05) is 5.56 Å². The molecule has 0 spiro atoms. The third kappa shape index (κ3) is 3.57. The quantitative estimate of drug-likeness (QED) is 0.803. The van der Waals surface area contributed by atoms with Crippen LogP contribution in [0.2, 0.25) is 0 Å². The lowest BCUT2D eigenvalue weighted by Crippen LogP contribution is -2.21. The SMILES string of the molecule is Cc1ccc(NC(=O)Cn2nnc(-c3ccccc3)n2)c(F)c1. The number of carbonyl (C=O) groups excluding carboxylic acids is 1. The number of halogens is 1. The summed E-state index contributed by atoms with van der Waals surface area (Å²) >= 11 is 0. The van der Waals surface area contributed by atoms with Gasteiger partial charge in [0.15, 0.2) is 0 Å². The smallest absolute Gasteiger partial charge is 0.248 e. The fourth-order valence-electron chi connectivity index (χ4n) is 2.05. The van der Waals surface area contributed by atoms with Gasteiger partial charge in [0.25, 0.3) is 0 Å². The molecule has 0 aliphatic carbocycles. The molecule has 1 aromatic heterocycles. The van der Waals surface area contributed by atoms with E-state index in [1.165, 1.54) is 16.9 Å². The van der Waals surface area contributed by atoms with Gasteiger partial charge in [-0.2, -0.15) is 4.80 Å². The van der Waals surface area contributed by atoms with Crippen LogP contribution in [-0.4, -0.2) is 26.1 Å². The molecule has 0 atom stereocenters. The van der Waals surface area contributed by atoms with E-state index in [1.54, 1.807) is 13.0 Å². The maximum atomic E-state index is 13.7. The molecule has 1 heterocycles. The number of aryl methyl sites for hydroxylation is 1. The lowest BCUT2D eigenvalue weighted by Gasteiger charge is -2.06. The summed E-state index contributed by atoms with van der Waals surface area (Å²) in [5.41, 5.74) is 1.72. The molecule has 3 aromatic rings. The lowest BCUT2D eigenvalue weighted by atomic mass is 10.2. The molecule has 7 heteroatoms. The third-order valence-corrected chi connectivity index (χ3v) is 3.17. The van der Waals surface area contributed by atoms with Crippen LogP contribution in [0.5, 0.6) is 0 Å². The minimum atomic E-state index is -0.477. The van der Waals surface area contributed by atoms with E-state index in [-0.39, 0.29) is 12.2 Å². The maximum Gasteiger partial charge on any atom is 0.248 e. The number of carbonyl (C=O) groups is 1. The summed E-state index contributed by atoms with van der Waals surface area (Å²) in [6.07, 6.45) is 0. The Labute approximate surface area is 132 Å². The Bertz CT molecular complexity index is 831. The molecular formula is C16H14FN5O. The van der Waals surface area contributed by atoms with Crippen LogP contribution in [0, 0.1) is 12.7 Å². The van der Waals surface area contributed by atoms with Crippen LogP contribution in [-0.2, 0) is 11.3 Å². The molecule has 0 saturated heterocycles. The predicted molar refractivity (Wildman–Crippen MR) is 83.0 cm³/mol. The van der Waals surface area contributed by atoms with E-state index in [2.05, 4.69) is 20.7 Å². The first-order chi connectivity index (χ1) is 11.1. The van der Waals surface area contributed by atoms with Crippen LogP contribution in [0.25, 0.3) is 11.4 Å². The summed E-state index contributed by atoms with van der Waals surface area (Å²) in [6.45, 7) is 1.63. The number of hydrogen-bond acceptors (Lipinski definition) is 4. The van der Waals surface area contributed by atoms with Gasteiger partial charge in [0.2, 0.25) is 11.7 Å². The van der Waals surface area contributed by atoms with E-state index in [9.17, 15) is 9.18 Å². The summed E-state index contributed by atoms with van der Waals surface area (Å²) in [6, 6.07) is 13.9. The third-order valence-electron chi connectivity index (χ3n) is 3.17. The number of hydrogen-bond donors (Lipinski definition) is 1. The standard InChI is InChI=1S/C16H14FN5O/c1-11-7-8-14(13(17)9-11)18-15(23)10-22-20-16(19-21-22)12-5-3-2-4-6-12/h2-9H,10H2,1H3,(H,18,23). The molecule has 3 rings (SSSR count). The zero-order valence-corrected chi connectivity index (χ0v) is 12.4. The Hall–Kier alpha value is -3.09. The number of rotatable bonds is 4. The first-order valence-corrected chi connectivity index (χ1v) is 7.01. The number of anilines is 1. The second-order valence-corrected chi connectivity index (χ2v) is 5.04. The van der Waals surface area contributed by atoms with E-state index >= 15 is 0 Å². The highest BCUT2D eigenvalue weighted by atomic mass is 19.1. The Morgan fingerprint density at radius 3 is 2.74 bits per heavy atom. The lowest BCUT2D eigenvalue weighted by molar-refractivity contribution is -0.117. The van der Waals surface area contributed by atoms with Crippen molar-refractivity contribution in [3.05, 3.63) is 59.9 Å². The largest absolute Gasteiger partial charge is 0.322 e. The number of nitrogens with zero attached hydrogens (tertiary/aromatic N) is 4. The fraction of sp³-hybridized carbons (Fsp3) is 0.125. The molecule has 0 unspecified atom stereocenters. The van der Waals surface area contributed by atoms with Crippen molar-refractivity contribution in [2.75, 3.05) is 5.32 Å². The first kappa shape index (κ1) is 14.8. The van der Waals surface area contributed by atoms with Gasteiger partial charge in [0.1, 0.15) is 12.4 Å². The summed E-state index contributed by atoms with van der Waals surface area (Å²) < 4.78 is 13.7. The average molecular weight is 311 g/mol. The molecule has 0 aliphatic rings. The van der Waals surface area contributed by atoms with Crippen LogP contribution in [0.15, 0.2) is 48.5 Å². The molecule has 0 bridgehead atoms. The Kier molecular flexibility index (Phi) is 4.09. The number of benzene rings is 2. The van der Waals surface area contributed by atoms with Gasteiger partial charge in [-0.25, -0.2) is 4.39 Å². The number of tetrazole rings is 1. The van der Waals surface area contributed by atoms with Gasteiger partial charge in [-0.3, -0.25) is 4.79 Å². The van der Waals surface area contributed by atoms with Crippen molar-refractivity contribution in [2.45, 2.75) is 13.5 Å². The fourth-order valence-corrected chi connectivity index (χ4v) is 2.05. The molecule has 116 valence electrons. The van der Waals surface area contributed by atoms with E-state index in [4.69, 9.17) is 0 Å². The predicted octanol–water partition coefficient (Wildman–Crippen LogP) is 2.43. The van der Waals surface area contributed by atoms with Gasteiger partial charge >= 0.3 is 0 Å². The second-order valence-electron chi connectivity index (χ2n) is 5.04. The first-order valence-electron chi connectivity index (χ1n) is 7.01. The zero-order valence-electron chi connectivity index (χ0n) is 12.4. The van der Waals surface area contributed by atoms with E-state index in [0.717, 1.165) is 11.1 Å². The monoisotopic (exact) mass is 311 g/mol. The van der Waals surface area contributed by atoms with Crippen molar-refractivity contribution in [3.8, 4) is 11.4 Å². The highest BCUT2D eigenvalue weighted by Crippen LogP contribution is 2.15. The van der Waals surface area contributed by atoms with Crippen LogP contribution in [0.1, 0.15) is 5.56 Å². The normalized spacial score (nSPS) is 10.5. The zero-order chi connectivity index (χ0) is 16.2. The van der Waals surface area contributed by atoms with Crippen molar-refractivity contribution in [3.63, 3.8) is 0 Å². The maximum absolute atomic E-state index is 13.7. The van der Waals surface area contributed by atoms with Crippen molar-refractivity contribution < 1.29 is 9.18 Å². The Balaban J connectivity index is 1.68. The van der Waals surface area contributed by atoms with Gasteiger partial charge in [-0.05, 0) is 29.8 Å². The average Bonchev–Trinajstić information content (AvgIpc) is 2.99. The van der Waals surface area contributed by atoms with E-state index in [0.29, 0.717) is 5.82 Å². The molecule has 0 radical (unpaired) electrons. The number of nitrogens with one attached hydrogen (secondary N) is 1. The van der Waals surface area contributed by atoms with Crippen molar-refractivity contribution in [1.29, 1.82) is 0 Å². The summed E-state index contributed by atoms with van der Waals surface area (Å²) in [5, 5.41) is 14.4. The molecule has 23 heavy (non-hydrogen) atoms. The Morgan fingerprint density at radius 1 is 1.22 bits per heavy atom. The summed E-state index contributed by atoms with van der Waals surface area (Å²) in [5.74, 6) is -0.473. The minimum absolute atomic E-state index is 0.129. The van der Waals surface area contributed by atoms with Gasteiger partial charge in [-0.1, -0.05) is 36.4 Å². The molecule has 0 saturated carbocycles. The van der Waals surface area contributed by atoms with Crippen LogP contribution >= 0.6 is 0 Å². The van der Waals surface area contributed by atoms with Crippen molar-refractivity contribution >= 4 is 11.6 Å². The second kappa shape index (κ2) is 6.35.